The van der Waals surface area contributed by atoms with Crippen LogP contribution in [0.5, 0.6) is 5.75 Å². The fourth-order valence-corrected chi connectivity index (χ4v) is 2.35. The zero-order chi connectivity index (χ0) is 16.3. The number of rotatable bonds is 3. The number of ether oxygens (including phenoxy) is 1. The number of hydrogen-bond donors (Lipinski definition) is 1. The lowest BCUT2D eigenvalue weighted by Crippen LogP contribution is -2.21. The number of fused-ring (bicyclic) bond motifs is 1. The second kappa shape index (κ2) is 6.22. The van der Waals surface area contributed by atoms with Crippen LogP contribution in [0.3, 0.4) is 0 Å². The first-order valence-electron chi connectivity index (χ1n) is 7.33. The SMILES string of the molecule is CC(/C=C/C1=Cc2cc(C)ccc2OCC1(C)C)=C\C(=O)O. The van der Waals surface area contributed by atoms with Gasteiger partial charge in [-0.25, -0.2) is 4.79 Å². The smallest absolute Gasteiger partial charge is 0.328 e. The molecule has 0 spiro atoms. The van der Waals surface area contributed by atoms with Crippen molar-refractivity contribution in [2.45, 2.75) is 27.7 Å². The van der Waals surface area contributed by atoms with Crippen molar-refractivity contribution >= 4 is 12.0 Å². The lowest BCUT2D eigenvalue weighted by atomic mass is 9.84. The standard InChI is InChI=1S/C19H22O3/c1-13-6-8-17-15(9-13)11-16(19(3,4)12-22-17)7-5-14(2)10-18(20)21/h5-11H,12H2,1-4H3,(H,20,21)/b7-5+,14-10+. The van der Waals surface area contributed by atoms with Crippen LogP contribution in [-0.4, -0.2) is 17.7 Å². The van der Waals surface area contributed by atoms with Gasteiger partial charge in [0.15, 0.2) is 0 Å². The molecule has 0 radical (unpaired) electrons. The Labute approximate surface area is 131 Å². The third-order valence-electron chi connectivity index (χ3n) is 3.72. The summed E-state index contributed by atoms with van der Waals surface area (Å²) in [6, 6.07) is 6.14. The highest BCUT2D eigenvalue weighted by Crippen LogP contribution is 2.36. The second-order valence-corrected chi connectivity index (χ2v) is 6.37. The summed E-state index contributed by atoms with van der Waals surface area (Å²) in [7, 11) is 0. The Morgan fingerprint density at radius 3 is 2.77 bits per heavy atom. The minimum absolute atomic E-state index is 0.146. The van der Waals surface area contributed by atoms with Crippen LogP contribution in [0.2, 0.25) is 0 Å². The van der Waals surface area contributed by atoms with Crippen molar-refractivity contribution in [2.75, 3.05) is 6.61 Å². The quantitative estimate of drug-likeness (QED) is 0.665. The molecule has 22 heavy (non-hydrogen) atoms. The summed E-state index contributed by atoms with van der Waals surface area (Å²) in [5.74, 6) is -0.0413. The van der Waals surface area contributed by atoms with E-state index in [0.717, 1.165) is 16.9 Å². The van der Waals surface area contributed by atoms with Crippen molar-refractivity contribution in [2.24, 2.45) is 5.41 Å². The molecule has 0 amide bonds. The van der Waals surface area contributed by atoms with E-state index in [2.05, 4.69) is 32.9 Å². The van der Waals surface area contributed by atoms with Crippen LogP contribution in [0.25, 0.3) is 6.08 Å². The number of carbonyl (C=O) groups is 1. The zero-order valence-electron chi connectivity index (χ0n) is 13.5. The van der Waals surface area contributed by atoms with Crippen molar-refractivity contribution in [3.63, 3.8) is 0 Å². The summed E-state index contributed by atoms with van der Waals surface area (Å²) in [6.07, 6.45) is 7.15. The molecule has 1 N–H and O–H groups in total. The van der Waals surface area contributed by atoms with E-state index in [0.29, 0.717) is 12.2 Å². The number of aliphatic carboxylic acids is 1. The van der Waals surface area contributed by atoms with Gasteiger partial charge in [-0.05, 0) is 43.2 Å². The predicted molar refractivity (Wildman–Crippen MR) is 89.0 cm³/mol. The van der Waals surface area contributed by atoms with Gasteiger partial charge >= 0.3 is 5.97 Å². The van der Waals surface area contributed by atoms with Crippen molar-refractivity contribution in [3.8, 4) is 5.75 Å². The number of carboxylic acid groups (broad SMARTS) is 1. The largest absolute Gasteiger partial charge is 0.492 e. The second-order valence-electron chi connectivity index (χ2n) is 6.37. The van der Waals surface area contributed by atoms with Gasteiger partial charge in [0.1, 0.15) is 5.75 Å². The van der Waals surface area contributed by atoms with Gasteiger partial charge in [-0.2, -0.15) is 0 Å². The zero-order valence-corrected chi connectivity index (χ0v) is 13.5. The molecule has 0 aromatic heterocycles. The molecule has 1 aliphatic rings. The first kappa shape index (κ1) is 16.1. The topological polar surface area (TPSA) is 46.5 Å². The molecular weight excluding hydrogens is 276 g/mol. The number of benzene rings is 1. The molecule has 1 heterocycles. The van der Waals surface area contributed by atoms with Crippen LogP contribution in [0.1, 0.15) is 31.9 Å². The molecular formula is C19H22O3. The van der Waals surface area contributed by atoms with Crippen molar-refractivity contribution in [3.05, 3.63) is 58.7 Å². The number of hydrogen-bond acceptors (Lipinski definition) is 2. The van der Waals surface area contributed by atoms with Crippen LogP contribution in [0.15, 0.2) is 47.6 Å². The molecule has 0 bridgehead atoms. The maximum Gasteiger partial charge on any atom is 0.328 e. The fraction of sp³-hybridized carbons (Fsp3) is 0.316. The van der Waals surface area contributed by atoms with Gasteiger partial charge in [0, 0.05) is 17.1 Å². The number of aryl methyl sites for hydroxylation is 1. The van der Waals surface area contributed by atoms with Crippen LogP contribution in [0, 0.1) is 12.3 Å². The van der Waals surface area contributed by atoms with Gasteiger partial charge in [-0.1, -0.05) is 37.6 Å². The maximum atomic E-state index is 10.7. The summed E-state index contributed by atoms with van der Waals surface area (Å²) in [4.78, 5) is 10.7. The fourth-order valence-electron chi connectivity index (χ4n) is 2.35. The molecule has 0 unspecified atom stereocenters. The first-order chi connectivity index (χ1) is 10.3. The number of carboxylic acids is 1. The lowest BCUT2D eigenvalue weighted by Gasteiger charge is -2.24. The third-order valence-corrected chi connectivity index (χ3v) is 3.72. The van der Waals surface area contributed by atoms with Crippen molar-refractivity contribution in [1.29, 1.82) is 0 Å². The van der Waals surface area contributed by atoms with E-state index in [9.17, 15) is 4.79 Å². The molecule has 0 aliphatic carbocycles. The Balaban J connectivity index is 2.41. The van der Waals surface area contributed by atoms with Gasteiger partial charge < -0.3 is 9.84 Å². The number of allylic oxidation sites excluding steroid dienone is 3. The molecule has 0 saturated carbocycles. The summed E-state index contributed by atoms with van der Waals surface area (Å²) >= 11 is 0. The minimum Gasteiger partial charge on any atom is -0.492 e. The van der Waals surface area contributed by atoms with Gasteiger partial charge in [-0.15, -0.1) is 0 Å². The molecule has 2 rings (SSSR count). The van der Waals surface area contributed by atoms with E-state index >= 15 is 0 Å². The first-order valence-corrected chi connectivity index (χ1v) is 7.33. The van der Waals surface area contributed by atoms with E-state index in [-0.39, 0.29) is 5.41 Å². The molecule has 1 aromatic rings. The Morgan fingerprint density at radius 2 is 2.09 bits per heavy atom. The van der Waals surface area contributed by atoms with Gasteiger partial charge in [-0.3, -0.25) is 0 Å². The summed E-state index contributed by atoms with van der Waals surface area (Å²) < 4.78 is 5.93. The van der Waals surface area contributed by atoms with Gasteiger partial charge in [0.05, 0.1) is 6.61 Å². The van der Waals surface area contributed by atoms with Gasteiger partial charge in [0.25, 0.3) is 0 Å². The molecule has 0 saturated heterocycles. The molecule has 116 valence electrons. The van der Waals surface area contributed by atoms with Crippen LogP contribution >= 0.6 is 0 Å². The van der Waals surface area contributed by atoms with E-state index in [4.69, 9.17) is 9.84 Å². The molecule has 3 nitrogen and oxygen atoms in total. The lowest BCUT2D eigenvalue weighted by molar-refractivity contribution is -0.131. The van der Waals surface area contributed by atoms with Crippen molar-refractivity contribution in [1.82, 2.24) is 0 Å². The molecule has 1 aliphatic heterocycles. The van der Waals surface area contributed by atoms with E-state index in [1.807, 2.05) is 24.3 Å². The van der Waals surface area contributed by atoms with E-state index in [1.54, 1.807) is 6.92 Å². The molecule has 1 aromatic carbocycles. The average Bonchev–Trinajstić information content (AvgIpc) is 2.52. The minimum atomic E-state index is -0.930. The predicted octanol–water partition coefficient (Wildman–Crippen LogP) is 4.38. The van der Waals surface area contributed by atoms with Crippen molar-refractivity contribution < 1.29 is 14.6 Å². The van der Waals surface area contributed by atoms with Crippen LogP contribution < -0.4 is 4.74 Å². The van der Waals surface area contributed by atoms with Crippen LogP contribution in [0.4, 0.5) is 0 Å². The molecule has 3 heteroatoms. The average molecular weight is 298 g/mol. The summed E-state index contributed by atoms with van der Waals surface area (Å²) in [5.41, 5.74) is 3.93. The van der Waals surface area contributed by atoms with Gasteiger partial charge in [0.2, 0.25) is 0 Å². The van der Waals surface area contributed by atoms with E-state index < -0.39 is 5.97 Å². The monoisotopic (exact) mass is 298 g/mol. The normalized spacial score (nSPS) is 17.5. The highest BCUT2D eigenvalue weighted by Gasteiger charge is 2.26. The Morgan fingerprint density at radius 1 is 1.36 bits per heavy atom. The Kier molecular flexibility index (Phi) is 4.55. The third kappa shape index (κ3) is 3.88. The molecule has 0 fully saturated rings. The highest BCUT2D eigenvalue weighted by atomic mass is 16.5. The Bertz CT molecular complexity index is 676. The summed E-state index contributed by atoms with van der Waals surface area (Å²) in [6.45, 7) is 8.67. The van der Waals surface area contributed by atoms with Crippen LogP contribution in [-0.2, 0) is 4.79 Å². The molecule has 0 atom stereocenters. The summed E-state index contributed by atoms with van der Waals surface area (Å²) in [5, 5.41) is 8.78. The van der Waals surface area contributed by atoms with E-state index in [1.165, 1.54) is 11.6 Å². The Hall–Kier alpha value is -2.29. The maximum absolute atomic E-state index is 10.7. The highest BCUT2D eigenvalue weighted by molar-refractivity contribution is 5.81.